The largest absolute Gasteiger partial charge is 0.391 e. The number of hydrogen-bond donors (Lipinski definition) is 2. The van der Waals surface area contributed by atoms with Crippen LogP contribution >= 0.6 is 0 Å². The van der Waals surface area contributed by atoms with Crippen molar-refractivity contribution in [1.29, 1.82) is 0 Å². The summed E-state index contributed by atoms with van der Waals surface area (Å²) in [5, 5.41) is 12.9. The predicted octanol–water partition coefficient (Wildman–Crippen LogP) is 0.750. The Morgan fingerprint density at radius 3 is 2.79 bits per heavy atom. The molecule has 0 saturated carbocycles. The average Bonchev–Trinajstić information content (AvgIpc) is 2.82. The molecule has 19 heavy (non-hydrogen) atoms. The summed E-state index contributed by atoms with van der Waals surface area (Å²) >= 11 is 0. The maximum Gasteiger partial charge on any atom is 0.194 e. The van der Waals surface area contributed by atoms with Crippen molar-refractivity contribution in [3.05, 3.63) is 0 Å². The second-order valence-electron chi connectivity index (χ2n) is 5.28. The second-order valence-corrected chi connectivity index (χ2v) is 5.28. The van der Waals surface area contributed by atoms with Crippen LogP contribution in [0.3, 0.4) is 0 Å². The molecular weight excluding hydrogens is 240 g/mol. The van der Waals surface area contributed by atoms with Gasteiger partial charge in [0.2, 0.25) is 0 Å². The lowest BCUT2D eigenvalue weighted by atomic mass is 10.3. The lowest BCUT2D eigenvalue weighted by molar-refractivity contribution is 0.187. The van der Waals surface area contributed by atoms with Gasteiger partial charge in [0.15, 0.2) is 5.96 Å². The summed E-state index contributed by atoms with van der Waals surface area (Å²) in [6, 6.07) is 0. The van der Waals surface area contributed by atoms with Crippen LogP contribution in [-0.2, 0) is 0 Å². The van der Waals surface area contributed by atoms with Crippen molar-refractivity contribution in [2.75, 3.05) is 46.3 Å². The van der Waals surface area contributed by atoms with E-state index in [9.17, 15) is 5.11 Å². The Morgan fingerprint density at radius 2 is 2.21 bits per heavy atom. The quantitative estimate of drug-likeness (QED) is 0.529. The number of aliphatic hydroxyl groups is 1. The van der Waals surface area contributed by atoms with Crippen LogP contribution in [0.25, 0.3) is 0 Å². The number of likely N-dealkylation sites (tertiary alicyclic amines) is 1. The van der Waals surface area contributed by atoms with Crippen molar-refractivity contribution in [1.82, 2.24) is 15.1 Å². The molecule has 1 aliphatic heterocycles. The number of hydrogen-bond acceptors (Lipinski definition) is 3. The predicted molar refractivity (Wildman–Crippen MR) is 80.6 cm³/mol. The third-order valence-corrected chi connectivity index (χ3v) is 3.43. The topological polar surface area (TPSA) is 51.1 Å². The van der Waals surface area contributed by atoms with Crippen LogP contribution in [0.2, 0.25) is 0 Å². The molecule has 0 spiro atoms. The van der Waals surface area contributed by atoms with Crippen LogP contribution in [0.15, 0.2) is 4.99 Å². The van der Waals surface area contributed by atoms with Gasteiger partial charge in [-0.1, -0.05) is 13.3 Å². The summed E-state index contributed by atoms with van der Waals surface area (Å²) < 4.78 is 0. The SMILES string of the molecule is CCCCN(C)CCN=C(NCC)N1CC[C@@H](O)C1. The molecule has 0 unspecified atom stereocenters. The van der Waals surface area contributed by atoms with Crippen LogP contribution in [0.4, 0.5) is 0 Å². The van der Waals surface area contributed by atoms with Gasteiger partial charge in [-0.25, -0.2) is 0 Å². The molecule has 5 heteroatoms. The first kappa shape index (κ1) is 16.2. The first-order valence-electron chi connectivity index (χ1n) is 7.57. The number of nitrogens with one attached hydrogen (secondary N) is 1. The van der Waals surface area contributed by atoms with Crippen molar-refractivity contribution in [3.8, 4) is 0 Å². The Hall–Kier alpha value is -0.810. The molecule has 112 valence electrons. The van der Waals surface area contributed by atoms with Gasteiger partial charge in [0.25, 0.3) is 0 Å². The molecule has 1 heterocycles. The van der Waals surface area contributed by atoms with E-state index in [4.69, 9.17) is 0 Å². The molecule has 2 N–H and O–H groups in total. The minimum Gasteiger partial charge on any atom is -0.391 e. The fourth-order valence-corrected chi connectivity index (χ4v) is 2.23. The van der Waals surface area contributed by atoms with Gasteiger partial charge in [0.05, 0.1) is 12.6 Å². The molecule has 0 aliphatic carbocycles. The van der Waals surface area contributed by atoms with Crippen molar-refractivity contribution in [3.63, 3.8) is 0 Å². The maximum atomic E-state index is 9.59. The van der Waals surface area contributed by atoms with E-state index in [1.165, 1.54) is 12.8 Å². The van der Waals surface area contributed by atoms with Gasteiger partial charge in [-0.2, -0.15) is 0 Å². The van der Waals surface area contributed by atoms with Gasteiger partial charge in [-0.05, 0) is 33.4 Å². The molecule has 0 radical (unpaired) electrons. The number of nitrogens with zero attached hydrogens (tertiary/aromatic N) is 3. The van der Waals surface area contributed by atoms with Crippen LogP contribution in [0.5, 0.6) is 0 Å². The minimum absolute atomic E-state index is 0.198. The zero-order chi connectivity index (χ0) is 14.1. The van der Waals surface area contributed by atoms with Crippen LogP contribution in [-0.4, -0.2) is 73.3 Å². The van der Waals surface area contributed by atoms with Gasteiger partial charge in [0, 0.05) is 26.2 Å². The Balaban J connectivity index is 2.36. The standard InChI is InChI=1S/C14H30N4O/c1-4-6-9-17(3)11-8-16-14(15-5-2)18-10-7-13(19)12-18/h13,19H,4-12H2,1-3H3,(H,15,16)/t13-/m1/s1. The molecular formula is C14H30N4O. The molecule has 0 aromatic rings. The molecule has 0 amide bonds. The van der Waals surface area contributed by atoms with E-state index in [1.54, 1.807) is 0 Å². The smallest absolute Gasteiger partial charge is 0.194 e. The van der Waals surface area contributed by atoms with Crippen molar-refractivity contribution >= 4 is 5.96 Å². The monoisotopic (exact) mass is 270 g/mol. The molecule has 0 bridgehead atoms. The third kappa shape index (κ3) is 6.25. The lowest BCUT2D eigenvalue weighted by Crippen LogP contribution is -2.41. The Kier molecular flexibility index (Phi) is 7.82. The number of β-amino-alcohol motifs (C(OH)–C–C–N with tert-alkyl or cyclic N) is 1. The van der Waals surface area contributed by atoms with E-state index in [0.29, 0.717) is 6.54 Å². The van der Waals surface area contributed by atoms with E-state index in [0.717, 1.165) is 45.1 Å². The molecule has 1 saturated heterocycles. The first-order valence-corrected chi connectivity index (χ1v) is 7.57. The molecule has 0 aromatic carbocycles. The Morgan fingerprint density at radius 1 is 1.42 bits per heavy atom. The van der Waals surface area contributed by atoms with E-state index in [2.05, 4.69) is 41.0 Å². The normalized spacial score (nSPS) is 20.4. The zero-order valence-corrected chi connectivity index (χ0v) is 12.7. The summed E-state index contributed by atoms with van der Waals surface area (Å²) in [6.07, 6.45) is 3.14. The fourth-order valence-electron chi connectivity index (χ4n) is 2.23. The summed E-state index contributed by atoms with van der Waals surface area (Å²) in [4.78, 5) is 9.14. The average molecular weight is 270 g/mol. The van der Waals surface area contributed by atoms with Gasteiger partial charge in [-0.15, -0.1) is 0 Å². The van der Waals surface area contributed by atoms with E-state index < -0.39 is 0 Å². The summed E-state index contributed by atoms with van der Waals surface area (Å²) in [5.74, 6) is 0.947. The van der Waals surface area contributed by atoms with Crippen LogP contribution < -0.4 is 5.32 Å². The molecule has 1 rings (SSSR count). The third-order valence-electron chi connectivity index (χ3n) is 3.43. The first-order chi connectivity index (χ1) is 9.17. The van der Waals surface area contributed by atoms with E-state index in [1.807, 2.05) is 0 Å². The maximum absolute atomic E-state index is 9.59. The molecule has 5 nitrogen and oxygen atoms in total. The van der Waals surface area contributed by atoms with E-state index in [-0.39, 0.29) is 6.10 Å². The minimum atomic E-state index is -0.198. The van der Waals surface area contributed by atoms with E-state index >= 15 is 0 Å². The summed E-state index contributed by atoms with van der Waals surface area (Å²) in [6.45, 7) is 9.72. The van der Waals surface area contributed by atoms with Crippen molar-refractivity contribution in [2.45, 2.75) is 39.2 Å². The molecule has 1 fully saturated rings. The number of likely N-dealkylation sites (N-methyl/N-ethyl adjacent to an activating group) is 1. The highest BCUT2D eigenvalue weighted by Crippen LogP contribution is 2.08. The number of guanidine groups is 1. The summed E-state index contributed by atoms with van der Waals surface area (Å²) in [7, 11) is 2.15. The van der Waals surface area contributed by atoms with Gasteiger partial charge in [-0.3, -0.25) is 4.99 Å². The number of aliphatic imine (C=N–C) groups is 1. The highest BCUT2D eigenvalue weighted by molar-refractivity contribution is 5.80. The number of unbranched alkanes of at least 4 members (excludes halogenated alkanes) is 1. The molecule has 1 aliphatic rings. The molecule has 0 aromatic heterocycles. The summed E-state index contributed by atoms with van der Waals surface area (Å²) in [5.41, 5.74) is 0. The lowest BCUT2D eigenvalue weighted by Gasteiger charge is -2.21. The fraction of sp³-hybridized carbons (Fsp3) is 0.929. The highest BCUT2D eigenvalue weighted by Gasteiger charge is 2.22. The van der Waals surface area contributed by atoms with Gasteiger partial charge < -0.3 is 20.2 Å². The van der Waals surface area contributed by atoms with Crippen LogP contribution in [0, 0.1) is 0 Å². The van der Waals surface area contributed by atoms with Crippen LogP contribution in [0.1, 0.15) is 33.1 Å². The number of aliphatic hydroxyl groups excluding tert-OH is 1. The Labute approximate surface area is 117 Å². The highest BCUT2D eigenvalue weighted by atomic mass is 16.3. The van der Waals surface area contributed by atoms with Gasteiger partial charge in [0.1, 0.15) is 0 Å². The number of rotatable bonds is 7. The van der Waals surface area contributed by atoms with Crippen molar-refractivity contribution < 1.29 is 5.11 Å². The van der Waals surface area contributed by atoms with Crippen molar-refractivity contribution in [2.24, 2.45) is 4.99 Å². The zero-order valence-electron chi connectivity index (χ0n) is 12.7. The second kappa shape index (κ2) is 9.15. The van der Waals surface area contributed by atoms with Gasteiger partial charge >= 0.3 is 0 Å². The Bertz CT molecular complexity index is 270. The molecule has 1 atom stereocenters.